The van der Waals surface area contributed by atoms with Crippen LogP contribution in [0.4, 0.5) is 0 Å². The summed E-state index contributed by atoms with van der Waals surface area (Å²) in [4.78, 5) is 73.0. The quantitative estimate of drug-likeness (QED) is 0.123. The van der Waals surface area contributed by atoms with Crippen LogP contribution in [-0.4, -0.2) is 80.4 Å². The Hall–Kier alpha value is -4.72. The molecule has 4 atom stereocenters. The number of hydrogen-bond donors (Lipinski definition) is 8. The maximum atomic E-state index is 13.4. The Kier molecular flexibility index (Phi) is 9.68. The zero-order valence-corrected chi connectivity index (χ0v) is 22.3. The number of para-hydroxylation sites is 1. The molecule has 41 heavy (non-hydrogen) atoms. The van der Waals surface area contributed by atoms with Crippen molar-refractivity contribution in [2.45, 2.75) is 62.7 Å². The van der Waals surface area contributed by atoms with E-state index >= 15 is 0 Å². The predicted octanol–water partition coefficient (Wildman–Crippen LogP) is -0.767. The molecule has 1 aromatic carbocycles. The van der Waals surface area contributed by atoms with E-state index in [-0.39, 0.29) is 31.6 Å². The lowest BCUT2D eigenvalue weighted by Gasteiger charge is -2.25. The van der Waals surface area contributed by atoms with Crippen molar-refractivity contribution in [3.8, 4) is 0 Å². The average Bonchev–Trinajstić information content (AvgIpc) is 3.73. The third-order valence-corrected chi connectivity index (χ3v) is 7.01. The van der Waals surface area contributed by atoms with Gasteiger partial charge in [-0.3, -0.25) is 19.2 Å². The number of carbonyl (C=O) groups is 5. The summed E-state index contributed by atoms with van der Waals surface area (Å²) in [6.07, 6.45) is 5.73. The highest BCUT2D eigenvalue weighted by atomic mass is 16.4. The van der Waals surface area contributed by atoms with Crippen molar-refractivity contribution in [2.75, 3.05) is 6.54 Å². The number of nitrogens with zero attached hydrogens (tertiary/aromatic N) is 1. The van der Waals surface area contributed by atoms with Gasteiger partial charge >= 0.3 is 5.97 Å². The van der Waals surface area contributed by atoms with Gasteiger partial charge in [0.2, 0.25) is 23.6 Å². The first-order valence-corrected chi connectivity index (χ1v) is 13.4. The van der Waals surface area contributed by atoms with Crippen LogP contribution in [0.5, 0.6) is 0 Å². The first kappa shape index (κ1) is 29.3. The summed E-state index contributed by atoms with van der Waals surface area (Å²) in [5, 5.41) is 21.6. The minimum Gasteiger partial charge on any atom is -0.480 e. The van der Waals surface area contributed by atoms with Crippen LogP contribution >= 0.6 is 0 Å². The summed E-state index contributed by atoms with van der Waals surface area (Å²) in [5.41, 5.74) is 7.38. The fraction of sp³-hybridized carbons (Fsp3) is 0.407. The molecule has 0 saturated carbocycles. The molecular weight excluding hydrogens is 532 g/mol. The van der Waals surface area contributed by atoms with Crippen molar-refractivity contribution >= 4 is 40.5 Å². The molecule has 4 rings (SSSR count). The molecule has 1 saturated heterocycles. The third-order valence-electron chi connectivity index (χ3n) is 7.01. The lowest BCUT2D eigenvalue weighted by molar-refractivity contribution is -0.142. The number of rotatable bonds is 14. The minimum atomic E-state index is -1.32. The zero-order chi connectivity index (χ0) is 29.4. The number of aromatic amines is 2. The molecule has 1 aliphatic heterocycles. The van der Waals surface area contributed by atoms with Gasteiger partial charge in [-0.1, -0.05) is 18.2 Å². The number of carboxylic acid groups (broad SMARTS) is 1. The van der Waals surface area contributed by atoms with Crippen molar-refractivity contribution in [2.24, 2.45) is 5.73 Å². The number of imidazole rings is 1. The maximum Gasteiger partial charge on any atom is 0.326 e. The molecule has 9 N–H and O–H groups in total. The highest BCUT2D eigenvalue weighted by Crippen LogP contribution is 2.19. The van der Waals surface area contributed by atoms with Gasteiger partial charge in [0.1, 0.15) is 18.1 Å². The van der Waals surface area contributed by atoms with Crippen LogP contribution in [-0.2, 0) is 36.8 Å². The van der Waals surface area contributed by atoms with Crippen LogP contribution < -0.4 is 27.0 Å². The number of benzene rings is 1. The van der Waals surface area contributed by atoms with E-state index < -0.39 is 47.9 Å². The van der Waals surface area contributed by atoms with Gasteiger partial charge < -0.3 is 42.1 Å². The van der Waals surface area contributed by atoms with E-state index in [4.69, 9.17) is 5.73 Å². The highest BCUT2D eigenvalue weighted by molar-refractivity contribution is 5.95. The zero-order valence-electron chi connectivity index (χ0n) is 22.3. The van der Waals surface area contributed by atoms with E-state index in [9.17, 15) is 29.1 Å². The fourth-order valence-corrected chi connectivity index (χ4v) is 4.83. The topological polar surface area (TPSA) is 224 Å². The van der Waals surface area contributed by atoms with Gasteiger partial charge in [0, 0.05) is 48.3 Å². The number of amides is 4. The van der Waals surface area contributed by atoms with Crippen molar-refractivity contribution in [1.82, 2.24) is 36.2 Å². The lowest BCUT2D eigenvalue weighted by Crippen LogP contribution is -2.57. The molecule has 14 nitrogen and oxygen atoms in total. The van der Waals surface area contributed by atoms with Crippen molar-refractivity contribution in [1.29, 1.82) is 0 Å². The summed E-state index contributed by atoms with van der Waals surface area (Å²) in [6, 6.07) is 3.24. The van der Waals surface area contributed by atoms with E-state index in [2.05, 4.69) is 36.2 Å². The van der Waals surface area contributed by atoms with Crippen LogP contribution in [0.25, 0.3) is 10.9 Å². The molecule has 1 aliphatic rings. The minimum absolute atomic E-state index is 0.0194. The molecule has 2 aromatic heterocycles. The maximum absolute atomic E-state index is 13.4. The SMILES string of the molecule is NC(=O)CCC(NC(=O)C(Cc1cnc[nH]1)NC(=O)C1CCCN1)C(=O)NC(Cc1c[nH]c2ccccc12)C(=O)O. The third kappa shape index (κ3) is 7.91. The average molecular weight is 567 g/mol. The second kappa shape index (κ2) is 13.6. The molecule has 4 amide bonds. The second-order valence-corrected chi connectivity index (χ2v) is 10.0. The van der Waals surface area contributed by atoms with E-state index in [1.165, 1.54) is 12.5 Å². The standard InChI is InChI=1S/C27H34N8O6/c28-23(36)8-7-20(25(38)35-22(27(40)41)10-15-12-31-18-5-2-1-4-17(15)18)33-26(39)21(11-16-13-29-14-32-16)34-24(37)19-6-3-9-30-19/h1-2,4-5,12-14,19-22,30-31H,3,6-11H2,(H2,28,36)(H,29,32)(H,33,39)(H,34,37)(H,35,38)(H,40,41). The molecule has 0 aliphatic carbocycles. The molecule has 4 unspecified atom stereocenters. The molecule has 14 heteroatoms. The van der Waals surface area contributed by atoms with Crippen LogP contribution in [0.3, 0.4) is 0 Å². The summed E-state index contributed by atoms with van der Waals surface area (Å²) in [5.74, 6) is -3.79. The largest absolute Gasteiger partial charge is 0.480 e. The number of H-pyrrole nitrogens is 2. The Labute approximate surface area is 235 Å². The normalized spacial score (nSPS) is 16.9. The van der Waals surface area contributed by atoms with Crippen molar-refractivity contribution in [3.05, 3.63) is 54.2 Å². The molecule has 218 valence electrons. The van der Waals surface area contributed by atoms with Crippen LogP contribution in [0.2, 0.25) is 0 Å². The first-order chi connectivity index (χ1) is 19.7. The van der Waals surface area contributed by atoms with E-state index in [0.29, 0.717) is 24.2 Å². The first-order valence-electron chi connectivity index (χ1n) is 13.4. The lowest BCUT2D eigenvalue weighted by atomic mass is 10.0. The number of fused-ring (bicyclic) bond motifs is 1. The Morgan fingerprint density at radius 2 is 1.76 bits per heavy atom. The van der Waals surface area contributed by atoms with Gasteiger partial charge in [-0.15, -0.1) is 0 Å². The number of nitrogens with two attached hydrogens (primary N) is 1. The summed E-state index contributed by atoms with van der Waals surface area (Å²) in [7, 11) is 0. The van der Waals surface area contributed by atoms with E-state index in [1.807, 2.05) is 24.3 Å². The highest BCUT2D eigenvalue weighted by Gasteiger charge is 2.32. The molecule has 0 spiro atoms. The number of carboxylic acids is 1. The van der Waals surface area contributed by atoms with Crippen molar-refractivity contribution in [3.63, 3.8) is 0 Å². The molecule has 1 fully saturated rings. The number of primary amides is 1. The number of nitrogens with one attached hydrogen (secondary N) is 6. The van der Waals surface area contributed by atoms with Gasteiger partial charge in [-0.2, -0.15) is 0 Å². The number of aliphatic carboxylic acids is 1. The molecule has 3 heterocycles. The second-order valence-electron chi connectivity index (χ2n) is 10.0. The van der Waals surface area contributed by atoms with E-state index in [0.717, 1.165) is 17.3 Å². The summed E-state index contributed by atoms with van der Waals surface area (Å²) < 4.78 is 0. The molecule has 3 aromatic rings. The number of hydrogen-bond acceptors (Lipinski definition) is 7. The molecule has 0 radical (unpaired) electrons. The van der Waals surface area contributed by atoms with Gasteiger partial charge in [0.05, 0.1) is 12.4 Å². The van der Waals surface area contributed by atoms with Crippen LogP contribution in [0, 0.1) is 0 Å². The predicted molar refractivity (Wildman–Crippen MR) is 147 cm³/mol. The van der Waals surface area contributed by atoms with Gasteiger partial charge in [-0.05, 0) is 37.4 Å². The smallest absolute Gasteiger partial charge is 0.326 e. The van der Waals surface area contributed by atoms with Crippen LogP contribution in [0.15, 0.2) is 43.0 Å². The number of carbonyl (C=O) groups excluding carboxylic acids is 4. The van der Waals surface area contributed by atoms with Crippen LogP contribution in [0.1, 0.15) is 36.9 Å². The Morgan fingerprint density at radius 1 is 1.00 bits per heavy atom. The Balaban J connectivity index is 1.48. The Morgan fingerprint density at radius 3 is 2.44 bits per heavy atom. The monoisotopic (exact) mass is 566 g/mol. The summed E-state index contributed by atoms with van der Waals surface area (Å²) >= 11 is 0. The number of aromatic nitrogens is 3. The molecule has 0 bridgehead atoms. The molecular formula is C27H34N8O6. The van der Waals surface area contributed by atoms with Gasteiger partial charge in [0.15, 0.2) is 0 Å². The van der Waals surface area contributed by atoms with E-state index in [1.54, 1.807) is 6.20 Å². The summed E-state index contributed by atoms with van der Waals surface area (Å²) in [6.45, 7) is 0.689. The van der Waals surface area contributed by atoms with Crippen molar-refractivity contribution < 1.29 is 29.1 Å². The fourth-order valence-electron chi connectivity index (χ4n) is 4.83. The van der Waals surface area contributed by atoms with Gasteiger partial charge in [0.25, 0.3) is 0 Å². The van der Waals surface area contributed by atoms with Gasteiger partial charge in [-0.25, -0.2) is 9.78 Å². The Bertz CT molecular complexity index is 1380.